The van der Waals surface area contributed by atoms with Crippen LogP contribution >= 0.6 is 0 Å². The number of aryl methyl sites for hydroxylation is 2. The molecule has 0 saturated carbocycles. The van der Waals surface area contributed by atoms with E-state index in [4.69, 9.17) is 0 Å². The van der Waals surface area contributed by atoms with Crippen LogP contribution in [0.15, 0.2) is 6.20 Å². The number of tetrazole rings is 1. The SMILES string of the molecule is Cc1nn(C)cc1-n1nnnc1CNCC(C)C. The molecule has 98 valence electrons. The van der Waals surface area contributed by atoms with Gasteiger partial charge in [0.05, 0.1) is 18.4 Å². The highest BCUT2D eigenvalue weighted by Gasteiger charge is 2.12. The van der Waals surface area contributed by atoms with Crippen molar-refractivity contribution < 1.29 is 0 Å². The van der Waals surface area contributed by atoms with Gasteiger partial charge >= 0.3 is 0 Å². The predicted octanol–water partition coefficient (Wildman–Crippen LogP) is 0.450. The van der Waals surface area contributed by atoms with E-state index in [1.54, 1.807) is 9.36 Å². The van der Waals surface area contributed by atoms with Gasteiger partial charge in [-0.2, -0.15) is 9.78 Å². The second kappa shape index (κ2) is 5.26. The Balaban J connectivity index is 2.15. The summed E-state index contributed by atoms with van der Waals surface area (Å²) in [5.41, 5.74) is 1.83. The van der Waals surface area contributed by atoms with Gasteiger partial charge < -0.3 is 5.32 Å². The molecular formula is C11H19N7. The molecule has 0 saturated heterocycles. The van der Waals surface area contributed by atoms with Crippen molar-refractivity contribution in [1.82, 2.24) is 35.3 Å². The van der Waals surface area contributed by atoms with Crippen molar-refractivity contribution in [2.75, 3.05) is 6.54 Å². The first kappa shape index (κ1) is 12.7. The van der Waals surface area contributed by atoms with E-state index in [1.807, 2.05) is 20.2 Å². The first-order chi connectivity index (χ1) is 8.58. The lowest BCUT2D eigenvalue weighted by molar-refractivity contribution is 0.537. The van der Waals surface area contributed by atoms with Crippen LogP contribution in [0.4, 0.5) is 0 Å². The van der Waals surface area contributed by atoms with Crippen molar-refractivity contribution in [3.8, 4) is 5.69 Å². The van der Waals surface area contributed by atoms with Crippen molar-refractivity contribution in [2.45, 2.75) is 27.3 Å². The molecule has 0 aliphatic carbocycles. The third-order valence-corrected chi connectivity index (χ3v) is 2.59. The maximum Gasteiger partial charge on any atom is 0.170 e. The zero-order chi connectivity index (χ0) is 13.1. The topological polar surface area (TPSA) is 73.5 Å². The highest BCUT2D eigenvalue weighted by molar-refractivity contribution is 5.32. The number of nitrogens with one attached hydrogen (secondary N) is 1. The Morgan fingerprint density at radius 2 is 2.17 bits per heavy atom. The number of aromatic nitrogens is 6. The first-order valence-corrected chi connectivity index (χ1v) is 6.06. The van der Waals surface area contributed by atoms with E-state index >= 15 is 0 Å². The summed E-state index contributed by atoms with van der Waals surface area (Å²) in [6.45, 7) is 7.88. The molecule has 0 fully saturated rings. The van der Waals surface area contributed by atoms with Gasteiger partial charge in [0.2, 0.25) is 0 Å². The summed E-state index contributed by atoms with van der Waals surface area (Å²) in [7, 11) is 1.89. The van der Waals surface area contributed by atoms with Gasteiger partial charge in [-0.15, -0.1) is 5.10 Å². The maximum absolute atomic E-state index is 4.30. The molecule has 2 aromatic heterocycles. The average Bonchev–Trinajstić information content (AvgIpc) is 2.84. The van der Waals surface area contributed by atoms with E-state index in [0.717, 1.165) is 23.8 Å². The summed E-state index contributed by atoms with van der Waals surface area (Å²) in [6.07, 6.45) is 1.91. The van der Waals surface area contributed by atoms with Crippen LogP contribution in [0.2, 0.25) is 0 Å². The van der Waals surface area contributed by atoms with E-state index < -0.39 is 0 Å². The quantitative estimate of drug-likeness (QED) is 0.833. The molecular weight excluding hydrogens is 230 g/mol. The first-order valence-electron chi connectivity index (χ1n) is 6.06. The highest BCUT2D eigenvalue weighted by atomic mass is 15.6. The fourth-order valence-electron chi connectivity index (χ4n) is 1.77. The van der Waals surface area contributed by atoms with Crippen molar-refractivity contribution in [3.05, 3.63) is 17.7 Å². The summed E-state index contributed by atoms with van der Waals surface area (Å²) in [5, 5.41) is 19.4. The number of nitrogens with zero attached hydrogens (tertiary/aromatic N) is 6. The van der Waals surface area contributed by atoms with Gasteiger partial charge in [-0.05, 0) is 29.8 Å². The van der Waals surface area contributed by atoms with Gasteiger partial charge in [0.15, 0.2) is 5.82 Å². The van der Waals surface area contributed by atoms with Crippen LogP contribution in [0.1, 0.15) is 25.4 Å². The molecule has 2 aromatic rings. The molecule has 1 N–H and O–H groups in total. The molecule has 18 heavy (non-hydrogen) atoms. The van der Waals surface area contributed by atoms with Gasteiger partial charge in [-0.3, -0.25) is 4.68 Å². The monoisotopic (exact) mass is 249 g/mol. The molecule has 0 spiro atoms. The Morgan fingerprint density at radius 1 is 1.39 bits per heavy atom. The second-order valence-electron chi connectivity index (χ2n) is 4.81. The largest absolute Gasteiger partial charge is 0.310 e. The number of hydrogen-bond acceptors (Lipinski definition) is 5. The molecule has 0 amide bonds. The fourth-order valence-corrected chi connectivity index (χ4v) is 1.77. The molecule has 0 aliphatic rings. The van der Waals surface area contributed by atoms with E-state index in [9.17, 15) is 0 Å². The summed E-state index contributed by atoms with van der Waals surface area (Å²) in [6, 6.07) is 0. The normalized spacial score (nSPS) is 11.4. The van der Waals surface area contributed by atoms with Crippen molar-refractivity contribution >= 4 is 0 Å². The van der Waals surface area contributed by atoms with Crippen LogP contribution in [-0.4, -0.2) is 36.5 Å². The standard InChI is InChI=1S/C11H19N7/c1-8(2)5-12-6-11-13-15-16-18(11)10-7-17(4)14-9(10)3/h7-8,12H,5-6H2,1-4H3. The van der Waals surface area contributed by atoms with Crippen LogP contribution in [0.3, 0.4) is 0 Å². The summed E-state index contributed by atoms with van der Waals surface area (Å²) >= 11 is 0. The van der Waals surface area contributed by atoms with E-state index in [1.165, 1.54) is 0 Å². The number of hydrogen-bond donors (Lipinski definition) is 1. The van der Waals surface area contributed by atoms with E-state index in [2.05, 4.69) is 39.8 Å². The Hall–Kier alpha value is -1.76. The zero-order valence-corrected chi connectivity index (χ0v) is 11.3. The van der Waals surface area contributed by atoms with Crippen LogP contribution < -0.4 is 5.32 Å². The highest BCUT2D eigenvalue weighted by Crippen LogP contribution is 2.11. The summed E-state index contributed by atoms with van der Waals surface area (Å²) in [5.74, 6) is 1.40. The smallest absolute Gasteiger partial charge is 0.170 e. The van der Waals surface area contributed by atoms with E-state index in [0.29, 0.717) is 12.5 Å². The summed E-state index contributed by atoms with van der Waals surface area (Å²) < 4.78 is 3.49. The van der Waals surface area contributed by atoms with Gasteiger partial charge in [0.1, 0.15) is 5.69 Å². The molecule has 0 atom stereocenters. The minimum atomic E-state index is 0.606. The molecule has 0 radical (unpaired) electrons. The van der Waals surface area contributed by atoms with Gasteiger partial charge in [-0.1, -0.05) is 13.8 Å². The molecule has 7 nitrogen and oxygen atoms in total. The minimum Gasteiger partial charge on any atom is -0.310 e. The molecule has 7 heteroatoms. The lowest BCUT2D eigenvalue weighted by atomic mass is 10.2. The predicted molar refractivity (Wildman–Crippen MR) is 67.2 cm³/mol. The minimum absolute atomic E-state index is 0.606. The number of rotatable bonds is 5. The van der Waals surface area contributed by atoms with E-state index in [-0.39, 0.29) is 0 Å². The Labute approximate surface area is 106 Å². The van der Waals surface area contributed by atoms with Gasteiger partial charge in [-0.25, -0.2) is 0 Å². The lowest BCUT2D eigenvalue weighted by Gasteiger charge is -2.07. The molecule has 0 bridgehead atoms. The third kappa shape index (κ3) is 2.73. The maximum atomic E-state index is 4.30. The van der Waals surface area contributed by atoms with Gasteiger partial charge in [0, 0.05) is 7.05 Å². The van der Waals surface area contributed by atoms with Gasteiger partial charge in [0.25, 0.3) is 0 Å². The summed E-state index contributed by atoms with van der Waals surface area (Å²) in [4.78, 5) is 0. The fraction of sp³-hybridized carbons (Fsp3) is 0.636. The lowest BCUT2D eigenvalue weighted by Crippen LogP contribution is -2.21. The zero-order valence-electron chi connectivity index (χ0n) is 11.3. The molecule has 2 rings (SSSR count). The molecule has 0 unspecified atom stereocenters. The van der Waals surface area contributed by atoms with Crippen LogP contribution in [0.5, 0.6) is 0 Å². The Kier molecular flexibility index (Phi) is 3.71. The van der Waals surface area contributed by atoms with Crippen molar-refractivity contribution in [2.24, 2.45) is 13.0 Å². The van der Waals surface area contributed by atoms with Crippen LogP contribution in [0.25, 0.3) is 5.69 Å². The van der Waals surface area contributed by atoms with Crippen LogP contribution in [0, 0.1) is 12.8 Å². The van der Waals surface area contributed by atoms with Crippen molar-refractivity contribution in [3.63, 3.8) is 0 Å². The Morgan fingerprint density at radius 3 is 2.78 bits per heavy atom. The Bertz CT molecular complexity index is 511. The molecule has 0 aromatic carbocycles. The third-order valence-electron chi connectivity index (χ3n) is 2.59. The second-order valence-corrected chi connectivity index (χ2v) is 4.81. The van der Waals surface area contributed by atoms with Crippen LogP contribution in [-0.2, 0) is 13.6 Å². The van der Waals surface area contributed by atoms with Crippen molar-refractivity contribution in [1.29, 1.82) is 0 Å². The molecule has 0 aliphatic heterocycles. The molecule has 2 heterocycles. The average molecular weight is 249 g/mol.